The maximum absolute atomic E-state index is 11.9. The molecule has 0 spiro atoms. The third-order valence-electron chi connectivity index (χ3n) is 5.30. The Labute approximate surface area is 140 Å². The van der Waals surface area contributed by atoms with Gasteiger partial charge in [-0.05, 0) is 52.4 Å². The van der Waals surface area contributed by atoms with E-state index in [-0.39, 0.29) is 23.9 Å². The number of carbonyl (C=O) groups is 2. The molecule has 2 aliphatic rings. The van der Waals surface area contributed by atoms with Gasteiger partial charge in [0.25, 0.3) is 0 Å². The lowest BCUT2D eigenvalue weighted by Crippen LogP contribution is -2.54. The molecule has 5 heteroatoms. The summed E-state index contributed by atoms with van der Waals surface area (Å²) in [4.78, 5) is 27.7. The van der Waals surface area contributed by atoms with Gasteiger partial charge in [-0.15, -0.1) is 0 Å². The highest BCUT2D eigenvalue weighted by Gasteiger charge is 2.36. The first-order valence-electron chi connectivity index (χ1n) is 9.11. The second kappa shape index (κ2) is 7.65. The molecule has 2 unspecified atom stereocenters. The fraction of sp³-hybridized carbons (Fsp3) is 0.889. The summed E-state index contributed by atoms with van der Waals surface area (Å²) in [6.45, 7) is 12.0. The van der Waals surface area contributed by atoms with Gasteiger partial charge >= 0.3 is 0 Å². The predicted molar refractivity (Wildman–Crippen MR) is 92.1 cm³/mol. The van der Waals surface area contributed by atoms with Gasteiger partial charge in [0.2, 0.25) is 11.8 Å². The molecule has 1 N–H and O–H groups in total. The lowest BCUT2D eigenvalue weighted by atomic mass is 9.80. The highest BCUT2D eigenvalue weighted by Crippen LogP contribution is 2.34. The van der Waals surface area contributed by atoms with Crippen molar-refractivity contribution in [2.75, 3.05) is 26.2 Å². The van der Waals surface area contributed by atoms with Crippen LogP contribution in [-0.4, -0.2) is 59.4 Å². The van der Waals surface area contributed by atoms with Crippen molar-refractivity contribution in [1.29, 1.82) is 0 Å². The Balaban J connectivity index is 1.68. The van der Waals surface area contributed by atoms with E-state index in [1.807, 2.05) is 0 Å². The summed E-state index contributed by atoms with van der Waals surface area (Å²) in [6.07, 6.45) is 4.93. The summed E-state index contributed by atoms with van der Waals surface area (Å²) in [7, 11) is 0. The molecule has 0 aliphatic carbocycles. The largest absolute Gasteiger partial charge is 0.355 e. The molecule has 2 amide bonds. The fourth-order valence-corrected chi connectivity index (χ4v) is 4.46. The molecule has 0 bridgehead atoms. The zero-order chi connectivity index (χ0) is 17.0. The van der Waals surface area contributed by atoms with Crippen LogP contribution in [0.15, 0.2) is 0 Å². The number of hydrogen-bond acceptors (Lipinski definition) is 3. The average Bonchev–Trinajstić information content (AvgIpc) is 2.81. The maximum atomic E-state index is 11.9. The zero-order valence-corrected chi connectivity index (χ0v) is 15.2. The van der Waals surface area contributed by atoms with Crippen molar-refractivity contribution in [2.45, 2.75) is 71.4 Å². The third kappa shape index (κ3) is 4.93. The van der Waals surface area contributed by atoms with Crippen LogP contribution in [0.1, 0.15) is 59.8 Å². The Morgan fingerprint density at radius 2 is 2.09 bits per heavy atom. The third-order valence-corrected chi connectivity index (χ3v) is 5.30. The lowest BCUT2D eigenvalue weighted by molar-refractivity contribution is -0.133. The van der Waals surface area contributed by atoms with Crippen LogP contribution in [0.25, 0.3) is 0 Å². The minimum Gasteiger partial charge on any atom is -0.355 e. The predicted octanol–water partition coefficient (Wildman–Crippen LogP) is 2.01. The zero-order valence-electron chi connectivity index (χ0n) is 15.2. The van der Waals surface area contributed by atoms with E-state index in [1.54, 1.807) is 4.90 Å². The first-order chi connectivity index (χ1) is 10.8. The number of amides is 2. The van der Waals surface area contributed by atoms with Crippen LogP contribution >= 0.6 is 0 Å². The highest BCUT2D eigenvalue weighted by atomic mass is 16.2. The second-order valence-corrected chi connectivity index (χ2v) is 8.02. The summed E-state index contributed by atoms with van der Waals surface area (Å²) in [5.74, 6) is 0.868. The monoisotopic (exact) mass is 323 g/mol. The number of rotatable bonds is 6. The highest BCUT2D eigenvalue weighted by molar-refractivity contribution is 5.85. The molecule has 0 aromatic heterocycles. The first kappa shape index (κ1) is 18.2. The van der Waals surface area contributed by atoms with E-state index in [2.05, 4.69) is 37.9 Å². The first-order valence-corrected chi connectivity index (χ1v) is 9.11. The van der Waals surface area contributed by atoms with Crippen molar-refractivity contribution in [3.8, 4) is 0 Å². The van der Waals surface area contributed by atoms with Crippen molar-refractivity contribution in [3.05, 3.63) is 0 Å². The van der Waals surface area contributed by atoms with Crippen molar-refractivity contribution in [1.82, 2.24) is 15.1 Å². The van der Waals surface area contributed by atoms with Gasteiger partial charge in [0.1, 0.15) is 0 Å². The molecule has 23 heavy (non-hydrogen) atoms. The summed E-state index contributed by atoms with van der Waals surface area (Å²) < 4.78 is 0. The van der Waals surface area contributed by atoms with Gasteiger partial charge in [0.05, 0.1) is 6.54 Å². The van der Waals surface area contributed by atoms with E-state index in [1.165, 1.54) is 12.8 Å². The van der Waals surface area contributed by atoms with Crippen LogP contribution in [0.3, 0.4) is 0 Å². The number of carbonyl (C=O) groups excluding carboxylic acids is 2. The molecular weight excluding hydrogens is 290 g/mol. The van der Waals surface area contributed by atoms with Crippen molar-refractivity contribution in [3.63, 3.8) is 0 Å². The van der Waals surface area contributed by atoms with Gasteiger partial charge in [-0.25, -0.2) is 0 Å². The molecule has 132 valence electrons. The number of nitrogens with one attached hydrogen (secondary N) is 1. The molecule has 2 atom stereocenters. The van der Waals surface area contributed by atoms with E-state index in [0.717, 1.165) is 31.8 Å². The van der Waals surface area contributed by atoms with Gasteiger partial charge in [-0.1, -0.05) is 6.92 Å². The van der Waals surface area contributed by atoms with Crippen LogP contribution in [0.2, 0.25) is 0 Å². The Kier molecular flexibility index (Phi) is 6.06. The number of likely N-dealkylation sites (tertiary alicyclic amines) is 2. The maximum Gasteiger partial charge on any atom is 0.239 e. The van der Waals surface area contributed by atoms with Crippen LogP contribution in [-0.2, 0) is 9.59 Å². The van der Waals surface area contributed by atoms with Gasteiger partial charge in [0.15, 0.2) is 0 Å². The summed E-state index contributed by atoms with van der Waals surface area (Å²) in [5.41, 5.74) is 0.239. The quantitative estimate of drug-likeness (QED) is 0.761. The van der Waals surface area contributed by atoms with Gasteiger partial charge in [0, 0.05) is 37.6 Å². The SMILES string of the molecule is CC1CC(C)N(CCCNC(=O)CN2CCCC2=O)C(C)(C)C1. The van der Waals surface area contributed by atoms with Crippen LogP contribution in [0, 0.1) is 5.92 Å². The van der Waals surface area contributed by atoms with Crippen LogP contribution in [0.5, 0.6) is 0 Å². The Morgan fingerprint density at radius 1 is 1.35 bits per heavy atom. The summed E-state index contributed by atoms with van der Waals surface area (Å²) in [5, 5.41) is 2.96. The lowest BCUT2D eigenvalue weighted by Gasteiger charge is -2.49. The van der Waals surface area contributed by atoms with Crippen molar-refractivity contribution < 1.29 is 9.59 Å². The van der Waals surface area contributed by atoms with E-state index >= 15 is 0 Å². The summed E-state index contributed by atoms with van der Waals surface area (Å²) in [6, 6.07) is 0.603. The molecule has 2 fully saturated rings. The van der Waals surface area contributed by atoms with Crippen LogP contribution in [0.4, 0.5) is 0 Å². The molecule has 0 aromatic rings. The Hall–Kier alpha value is -1.10. The molecule has 0 saturated carbocycles. The Bertz CT molecular complexity index is 436. The van der Waals surface area contributed by atoms with Gasteiger partial charge in [-0.3, -0.25) is 14.5 Å². The second-order valence-electron chi connectivity index (χ2n) is 8.02. The minimum atomic E-state index is -0.0279. The van der Waals surface area contributed by atoms with E-state index < -0.39 is 0 Å². The molecule has 2 aliphatic heterocycles. The molecular formula is C18H33N3O2. The Morgan fingerprint density at radius 3 is 2.70 bits per heavy atom. The minimum absolute atomic E-state index is 0.0279. The smallest absolute Gasteiger partial charge is 0.239 e. The molecule has 2 heterocycles. The van der Waals surface area contributed by atoms with Crippen molar-refractivity contribution >= 4 is 11.8 Å². The number of piperidine rings is 1. The molecule has 2 saturated heterocycles. The van der Waals surface area contributed by atoms with Crippen LogP contribution < -0.4 is 5.32 Å². The molecule has 0 aromatic carbocycles. The van der Waals surface area contributed by atoms with E-state index in [0.29, 0.717) is 19.0 Å². The topological polar surface area (TPSA) is 52.7 Å². The molecule has 2 rings (SSSR count). The van der Waals surface area contributed by atoms with E-state index in [4.69, 9.17) is 0 Å². The van der Waals surface area contributed by atoms with Crippen molar-refractivity contribution in [2.24, 2.45) is 5.92 Å². The van der Waals surface area contributed by atoms with Gasteiger partial charge in [-0.2, -0.15) is 0 Å². The van der Waals surface area contributed by atoms with Gasteiger partial charge < -0.3 is 10.2 Å². The fourth-order valence-electron chi connectivity index (χ4n) is 4.46. The summed E-state index contributed by atoms with van der Waals surface area (Å²) >= 11 is 0. The normalized spacial score (nSPS) is 28.2. The molecule has 0 radical (unpaired) electrons. The molecule has 5 nitrogen and oxygen atoms in total. The standard InChI is InChI=1S/C18H33N3O2/c1-14-11-15(2)21(18(3,4)12-14)10-6-8-19-16(22)13-20-9-5-7-17(20)23/h14-15H,5-13H2,1-4H3,(H,19,22). The number of nitrogens with zero attached hydrogens (tertiary/aromatic N) is 2. The number of hydrogen-bond donors (Lipinski definition) is 1. The van der Waals surface area contributed by atoms with E-state index in [9.17, 15) is 9.59 Å². The average molecular weight is 323 g/mol.